The number of para-hydroxylation sites is 1. The number of rotatable bonds is 4. The lowest BCUT2D eigenvalue weighted by molar-refractivity contribution is 0.116. The van der Waals surface area contributed by atoms with E-state index >= 15 is 0 Å². The molecule has 0 amide bonds. The molecule has 0 aromatic heterocycles. The molecule has 0 radical (unpaired) electrons. The topological polar surface area (TPSA) is 62.3 Å². The Balaban J connectivity index is 2.22. The Morgan fingerprint density at radius 2 is 2.33 bits per heavy atom. The summed E-state index contributed by atoms with van der Waals surface area (Å²) in [5.41, 5.74) is 8.64. The van der Waals surface area contributed by atoms with Crippen molar-refractivity contribution in [1.82, 2.24) is 0 Å². The molecule has 4 heteroatoms. The maximum Gasteiger partial charge on any atom is 0.124 e. The Labute approximate surface area is 108 Å². The van der Waals surface area contributed by atoms with Crippen LogP contribution in [0.4, 0.5) is 5.69 Å². The lowest BCUT2D eigenvalue weighted by atomic mass is 10.1. The predicted molar refractivity (Wildman–Crippen MR) is 74.4 cm³/mol. The van der Waals surface area contributed by atoms with Crippen LogP contribution in [0.5, 0.6) is 0 Å². The maximum atomic E-state index is 7.67. The second kappa shape index (κ2) is 5.40. The van der Waals surface area contributed by atoms with Gasteiger partial charge in [0.25, 0.3) is 0 Å². The molecule has 1 saturated heterocycles. The third-order valence-electron chi connectivity index (χ3n) is 3.41. The van der Waals surface area contributed by atoms with Gasteiger partial charge in [0, 0.05) is 25.8 Å². The molecule has 0 saturated carbocycles. The van der Waals surface area contributed by atoms with Gasteiger partial charge in [-0.15, -0.1) is 0 Å². The quantitative estimate of drug-likeness (QED) is 0.631. The zero-order valence-corrected chi connectivity index (χ0v) is 11.1. The van der Waals surface area contributed by atoms with Gasteiger partial charge in [0.15, 0.2) is 0 Å². The monoisotopic (exact) mass is 247 g/mol. The summed E-state index contributed by atoms with van der Waals surface area (Å²) >= 11 is 0. The van der Waals surface area contributed by atoms with Gasteiger partial charge in [-0.2, -0.15) is 0 Å². The molecule has 2 rings (SSSR count). The molecular formula is C14H21N3O. The van der Waals surface area contributed by atoms with Crippen LogP contribution in [-0.4, -0.2) is 32.1 Å². The van der Waals surface area contributed by atoms with Crippen molar-refractivity contribution in [2.45, 2.75) is 25.9 Å². The van der Waals surface area contributed by atoms with E-state index < -0.39 is 0 Å². The Bertz CT molecular complexity index is 439. The molecule has 98 valence electrons. The Morgan fingerprint density at radius 1 is 1.56 bits per heavy atom. The lowest BCUT2D eigenvalue weighted by Gasteiger charge is -2.26. The number of anilines is 1. The summed E-state index contributed by atoms with van der Waals surface area (Å²) in [6.45, 7) is 3.77. The predicted octanol–water partition coefficient (Wildman–Crippen LogP) is 1.89. The van der Waals surface area contributed by atoms with Gasteiger partial charge in [0.2, 0.25) is 0 Å². The largest absolute Gasteiger partial charge is 0.384 e. The van der Waals surface area contributed by atoms with Crippen molar-refractivity contribution in [2.24, 2.45) is 5.73 Å². The Morgan fingerprint density at radius 3 is 2.94 bits per heavy atom. The highest BCUT2D eigenvalue weighted by molar-refractivity contribution is 6.01. The van der Waals surface area contributed by atoms with Crippen molar-refractivity contribution < 1.29 is 4.74 Å². The molecule has 0 spiro atoms. The first-order valence-electron chi connectivity index (χ1n) is 6.36. The van der Waals surface area contributed by atoms with Gasteiger partial charge in [-0.25, -0.2) is 0 Å². The number of nitrogens with one attached hydrogen (secondary N) is 1. The van der Waals surface area contributed by atoms with Crippen LogP contribution in [0, 0.1) is 12.3 Å². The number of ether oxygens (including phenoxy) is 1. The van der Waals surface area contributed by atoms with Crippen LogP contribution < -0.4 is 10.6 Å². The third kappa shape index (κ3) is 2.64. The van der Waals surface area contributed by atoms with Gasteiger partial charge in [0.05, 0.1) is 11.8 Å². The van der Waals surface area contributed by atoms with E-state index in [1.807, 2.05) is 32.2 Å². The van der Waals surface area contributed by atoms with Crippen LogP contribution in [0.1, 0.15) is 24.0 Å². The van der Waals surface area contributed by atoms with Gasteiger partial charge in [-0.3, -0.25) is 5.41 Å². The van der Waals surface area contributed by atoms with Crippen LogP contribution in [-0.2, 0) is 4.74 Å². The number of nitrogen functional groups attached to an aromatic ring is 1. The van der Waals surface area contributed by atoms with Crippen molar-refractivity contribution in [3.8, 4) is 0 Å². The molecule has 1 aliphatic heterocycles. The minimum Gasteiger partial charge on any atom is -0.384 e. The van der Waals surface area contributed by atoms with Crippen molar-refractivity contribution in [2.75, 3.05) is 25.1 Å². The van der Waals surface area contributed by atoms with E-state index in [1.165, 1.54) is 0 Å². The number of aryl methyl sites for hydroxylation is 1. The standard InChI is InChI=1S/C14H21N3O/c1-10-5-3-7-12(14(15)16)13(10)17(2)9-11-6-4-8-18-11/h3,5,7,11H,4,6,8-9H2,1-2H3,(H3,15,16). The van der Waals surface area contributed by atoms with Crippen molar-refractivity contribution >= 4 is 11.5 Å². The van der Waals surface area contributed by atoms with Crippen molar-refractivity contribution in [1.29, 1.82) is 5.41 Å². The summed E-state index contributed by atoms with van der Waals surface area (Å²) in [7, 11) is 2.04. The number of nitrogens with zero attached hydrogens (tertiary/aromatic N) is 1. The van der Waals surface area contributed by atoms with E-state index in [9.17, 15) is 0 Å². The van der Waals surface area contributed by atoms with Crippen LogP contribution >= 0.6 is 0 Å². The average Bonchev–Trinajstić information content (AvgIpc) is 2.81. The normalized spacial score (nSPS) is 18.9. The number of hydrogen-bond donors (Lipinski definition) is 2. The number of nitrogens with two attached hydrogens (primary N) is 1. The van der Waals surface area contributed by atoms with Crippen LogP contribution in [0.3, 0.4) is 0 Å². The zero-order valence-electron chi connectivity index (χ0n) is 11.1. The smallest absolute Gasteiger partial charge is 0.124 e. The van der Waals surface area contributed by atoms with Crippen LogP contribution in [0.2, 0.25) is 0 Å². The molecule has 1 aromatic carbocycles. The number of benzene rings is 1. The number of hydrogen-bond acceptors (Lipinski definition) is 3. The molecule has 1 aliphatic rings. The first kappa shape index (κ1) is 12.9. The highest BCUT2D eigenvalue weighted by atomic mass is 16.5. The first-order valence-corrected chi connectivity index (χ1v) is 6.36. The molecule has 0 bridgehead atoms. The molecule has 1 heterocycles. The highest BCUT2D eigenvalue weighted by Gasteiger charge is 2.20. The molecule has 4 nitrogen and oxygen atoms in total. The minimum atomic E-state index is 0.118. The van der Waals surface area contributed by atoms with E-state index in [2.05, 4.69) is 4.90 Å². The van der Waals surface area contributed by atoms with Crippen molar-refractivity contribution in [3.05, 3.63) is 29.3 Å². The molecule has 1 fully saturated rings. The van der Waals surface area contributed by atoms with Gasteiger partial charge in [0.1, 0.15) is 5.84 Å². The summed E-state index contributed by atoms with van der Waals surface area (Å²) in [6, 6.07) is 5.89. The first-order chi connectivity index (χ1) is 8.59. The van der Waals surface area contributed by atoms with Crippen LogP contribution in [0.15, 0.2) is 18.2 Å². The molecule has 18 heavy (non-hydrogen) atoms. The van der Waals surface area contributed by atoms with Gasteiger partial charge in [-0.05, 0) is 31.4 Å². The van der Waals surface area contributed by atoms with E-state index in [0.29, 0.717) is 6.10 Å². The third-order valence-corrected chi connectivity index (χ3v) is 3.41. The van der Waals surface area contributed by atoms with E-state index in [4.69, 9.17) is 15.9 Å². The minimum absolute atomic E-state index is 0.118. The SMILES string of the molecule is Cc1cccc(C(=N)N)c1N(C)CC1CCCO1. The summed E-state index contributed by atoms with van der Waals surface area (Å²) in [5, 5.41) is 7.67. The Hall–Kier alpha value is -1.55. The Kier molecular flexibility index (Phi) is 3.87. The molecule has 1 atom stereocenters. The fourth-order valence-corrected chi connectivity index (χ4v) is 2.57. The van der Waals surface area contributed by atoms with Gasteiger partial charge >= 0.3 is 0 Å². The second-order valence-corrected chi connectivity index (χ2v) is 4.90. The lowest BCUT2D eigenvalue weighted by Crippen LogP contribution is -2.31. The molecule has 0 aliphatic carbocycles. The number of likely N-dealkylation sites (N-methyl/N-ethyl adjacent to an activating group) is 1. The van der Waals surface area contributed by atoms with Gasteiger partial charge < -0.3 is 15.4 Å². The van der Waals surface area contributed by atoms with E-state index in [-0.39, 0.29) is 5.84 Å². The van der Waals surface area contributed by atoms with E-state index in [1.54, 1.807) is 0 Å². The molecule has 1 aromatic rings. The molecular weight excluding hydrogens is 226 g/mol. The van der Waals surface area contributed by atoms with Crippen LogP contribution in [0.25, 0.3) is 0 Å². The highest BCUT2D eigenvalue weighted by Crippen LogP contribution is 2.25. The average molecular weight is 247 g/mol. The van der Waals surface area contributed by atoms with Gasteiger partial charge in [-0.1, -0.05) is 12.1 Å². The summed E-state index contributed by atoms with van der Waals surface area (Å²) < 4.78 is 5.66. The number of amidine groups is 1. The molecule has 3 N–H and O–H groups in total. The summed E-state index contributed by atoms with van der Waals surface area (Å²) in [5.74, 6) is 0.118. The fraction of sp³-hybridized carbons (Fsp3) is 0.500. The molecule has 1 unspecified atom stereocenters. The summed E-state index contributed by atoms with van der Waals surface area (Å²) in [6.07, 6.45) is 2.56. The fourth-order valence-electron chi connectivity index (χ4n) is 2.57. The summed E-state index contributed by atoms with van der Waals surface area (Å²) in [4.78, 5) is 2.15. The van der Waals surface area contributed by atoms with Crippen molar-refractivity contribution in [3.63, 3.8) is 0 Å². The zero-order chi connectivity index (χ0) is 13.1. The van der Waals surface area contributed by atoms with E-state index in [0.717, 1.165) is 42.8 Å². The second-order valence-electron chi connectivity index (χ2n) is 4.90. The maximum absolute atomic E-state index is 7.67.